The van der Waals surface area contributed by atoms with Crippen molar-refractivity contribution in [3.63, 3.8) is 0 Å². The molecule has 0 aliphatic carbocycles. The zero-order valence-electron chi connectivity index (χ0n) is 15.1. The highest BCUT2D eigenvalue weighted by atomic mass is 32.1. The second-order valence-electron chi connectivity index (χ2n) is 6.41. The molecule has 7 heteroatoms. The molecular formula is C21H17N5OS. The Morgan fingerprint density at radius 3 is 2.79 bits per heavy atom. The molecule has 0 aliphatic heterocycles. The fourth-order valence-corrected chi connectivity index (χ4v) is 3.79. The summed E-state index contributed by atoms with van der Waals surface area (Å²) in [5.41, 5.74) is 3.59. The van der Waals surface area contributed by atoms with Crippen LogP contribution >= 0.6 is 11.3 Å². The minimum absolute atomic E-state index is 0.191. The summed E-state index contributed by atoms with van der Waals surface area (Å²) < 4.78 is 0. The average Bonchev–Trinajstić information content (AvgIpc) is 3.28. The van der Waals surface area contributed by atoms with Crippen LogP contribution in [0.25, 0.3) is 10.2 Å². The largest absolute Gasteiger partial charge is 0.364 e. The molecule has 0 unspecified atom stereocenters. The van der Waals surface area contributed by atoms with E-state index in [-0.39, 0.29) is 5.91 Å². The quantitative estimate of drug-likeness (QED) is 0.464. The van der Waals surface area contributed by atoms with Gasteiger partial charge in [-0.15, -0.1) is 11.3 Å². The predicted octanol–water partition coefficient (Wildman–Crippen LogP) is 4.67. The van der Waals surface area contributed by atoms with Crippen molar-refractivity contribution in [1.82, 2.24) is 10.2 Å². The molecule has 0 saturated carbocycles. The van der Waals surface area contributed by atoms with Gasteiger partial charge in [-0.05, 0) is 42.8 Å². The van der Waals surface area contributed by atoms with Gasteiger partial charge in [0.15, 0.2) is 5.82 Å². The lowest BCUT2D eigenvalue weighted by atomic mass is 10.1. The number of aromatic amines is 1. The summed E-state index contributed by atoms with van der Waals surface area (Å²) in [4.78, 5) is 14.0. The Morgan fingerprint density at radius 1 is 1.21 bits per heavy atom. The Labute approximate surface area is 165 Å². The normalized spacial score (nSPS) is 10.6. The van der Waals surface area contributed by atoms with E-state index < -0.39 is 0 Å². The summed E-state index contributed by atoms with van der Waals surface area (Å²) in [7, 11) is 0. The number of benzene rings is 2. The number of aryl methyl sites for hydroxylation is 1. The van der Waals surface area contributed by atoms with Gasteiger partial charge in [0.2, 0.25) is 0 Å². The van der Waals surface area contributed by atoms with E-state index in [4.69, 9.17) is 5.26 Å². The Kier molecular flexibility index (Phi) is 4.79. The number of nitriles is 1. The average molecular weight is 387 g/mol. The van der Waals surface area contributed by atoms with E-state index in [2.05, 4.69) is 52.0 Å². The van der Waals surface area contributed by atoms with E-state index in [0.29, 0.717) is 22.7 Å². The van der Waals surface area contributed by atoms with Crippen LogP contribution in [-0.2, 0) is 6.54 Å². The highest BCUT2D eigenvalue weighted by Gasteiger charge is 2.15. The van der Waals surface area contributed by atoms with Crippen LogP contribution in [0.1, 0.15) is 26.4 Å². The zero-order valence-corrected chi connectivity index (χ0v) is 15.9. The zero-order chi connectivity index (χ0) is 19.5. The number of thiophene rings is 1. The number of anilines is 2. The number of hydrogen-bond donors (Lipinski definition) is 3. The molecule has 0 aliphatic rings. The van der Waals surface area contributed by atoms with Crippen LogP contribution in [-0.4, -0.2) is 16.1 Å². The number of hydrogen-bond acceptors (Lipinski definition) is 5. The third kappa shape index (κ3) is 3.72. The van der Waals surface area contributed by atoms with Crippen molar-refractivity contribution in [3.8, 4) is 6.07 Å². The fraction of sp³-hybridized carbons (Fsp3) is 0.0952. The van der Waals surface area contributed by atoms with E-state index in [1.165, 1.54) is 22.5 Å². The molecule has 2 aromatic carbocycles. The summed E-state index contributed by atoms with van der Waals surface area (Å²) in [5.74, 6) is 0.536. The molecule has 4 rings (SSSR count). The van der Waals surface area contributed by atoms with Crippen molar-refractivity contribution in [2.45, 2.75) is 13.5 Å². The molecule has 0 spiro atoms. The number of nitrogens with zero attached hydrogens (tertiary/aromatic N) is 2. The van der Waals surface area contributed by atoms with Crippen LogP contribution in [0.4, 0.5) is 11.5 Å². The molecule has 3 N–H and O–H groups in total. The van der Waals surface area contributed by atoms with Gasteiger partial charge in [0, 0.05) is 12.2 Å². The topological polar surface area (TPSA) is 93.6 Å². The first kappa shape index (κ1) is 17.8. The molecule has 1 amide bonds. The monoisotopic (exact) mass is 387 g/mol. The number of carbonyl (C=O) groups excluding carboxylic acids is 1. The van der Waals surface area contributed by atoms with Gasteiger partial charge in [-0.25, -0.2) is 0 Å². The maximum atomic E-state index is 12.5. The van der Waals surface area contributed by atoms with Gasteiger partial charge in [-0.3, -0.25) is 9.89 Å². The maximum Gasteiger partial charge on any atom is 0.265 e. The minimum Gasteiger partial charge on any atom is -0.364 e. The molecule has 0 bridgehead atoms. The molecule has 6 nitrogen and oxygen atoms in total. The molecule has 28 heavy (non-hydrogen) atoms. The smallest absolute Gasteiger partial charge is 0.265 e. The molecule has 4 aromatic rings. The summed E-state index contributed by atoms with van der Waals surface area (Å²) in [6, 6.07) is 18.9. The third-order valence-corrected chi connectivity index (χ3v) is 5.33. The number of H-pyrrole nitrogens is 1. The van der Waals surface area contributed by atoms with Gasteiger partial charge in [0.25, 0.3) is 5.91 Å². The van der Waals surface area contributed by atoms with E-state index >= 15 is 0 Å². The van der Waals surface area contributed by atoms with Gasteiger partial charge in [0.05, 0.1) is 21.9 Å². The Balaban J connectivity index is 1.48. The van der Waals surface area contributed by atoms with Gasteiger partial charge < -0.3 is 10.6 Å². The van der Waals surface area contributed by atoms with Crippen molar-refractivity contribution in [2.24, 2.45) is 0 Å². The second kappa shape index (κ2) is 7.55. The van der Waals surface area contributed by atoms with E-state index in [9.17, 15) is 4.79 Å². The van der Waals surface area contributed by atoms with E-state index in [0.717, 1.165) is 16.0 Å². The number of rotatable bonds is 5. The van der Waals surface area contributed by atoms with Gasteiger partial charge in [-0.1, -0.05) is 29.8 Å². The predicted molar refractivity (Wildman–Crippen MR) is 112 cm³/mol. The Morgan fingerprint density at radius 2 is 2.04 bits per heavy atom. The molecule has 2 heterocycles. The second-order valence-corrected chi connectivity index (χ2v) is 7.46. The van der Waals surface area contributed by atoms with Gasteiger partial charge in [-0.2, -0.15) is 10.4 Å². The van der Waals surface area contributed by atoms with Gasteiger partial charge >= 0.3 is 0 Å². The van der Waals surface area contributed by atoms with Crippen LogP contribution in [0.15, 0.2) is 54.6 Å². The maximum absolute atomic E-state index is 12.5. The highest BCUT2D eigenvalue weighted by Crippen LogP contribution is 2.30. The van der Waals surface area contributed by atoms with Crippen molar-refractivity contribution in [1.29, 1.82) is 5.26 Å². The SMILES string of the molecule is Cc1cccc(CNc2n[nH]c3sc(C(=O)Nc4ccc(C#N)cc4)cc23)c1. The summed E-state index contributed by atoms with van der Waals surface area (Å²) in [5, 5.41) is 23.2. The van der Waals surface area contributed by atoms with Crippen molar-refractivity contribution >= 4 is 39.0 Å². The molecule has 0 atom stereocenters. The number of fused-ring (bicyclic) bond motifs is 1. The first-order chi connectivity index (χ1) is 13.6. The van der Waals surface area contributed by atoms with E-state index in [1.54, 1.807) is 24.3 Å². The van der Waals surface area contributed by atoms with Crippen molar-refractivity contribution in [3.05, 3.63) is 76.2 Å². The molecule has 0 saturated heterocycles. The Hall–Kier alpha value is -3.63. The standard InChI is InChI=1S/C21H17N5OS/c1-13-3-2-4-15(9-13)12-23-19-17-10-18(28-21(17)26-25-19)20(27)24-16-7-5-14(11-22)6-8-16/h2-10H,12H2,1H3,(H,24,27)(H2,23,25,26). The summed E-state index contributed by atoms with van der Waals surface area (Å²) >= 11 is 1.35. The molecule has 2 aromatic heterocycles. The minimum atomic E-state index is -0.191. The van der Waals surface area contributed by atoms with Crippen LogP contribution in [0, 0.1) is 18.3 Å². The number of amides is 1. The molecule has 0 radical (unpaired) electrons. The van der Waals surface area contributed by atoms with Crippen LogP contribution in [0.2, 0.25) is 0 Å². The first-order valence-electron chi connectivity index (χ1n) is 8.71. The molecule has 138 valence electrons. The van der Waals surface area contributed by atoms with Gasteiger partial charge in [0.1, 0.15) is 4.83 Å². The summed E-state index contributed by atoms with van der Waals surface area (Å²) in [6.07, 6.45) is 0. The lowest BCUT2D eigenvalue weighted by Gasteiger charge is -2.04. The third-order valence-electron chi connectivity index (χ3n) is 4.29. The Bertz CT molecular complexity index is 1180. The summed E-state index contributed by atoms with van der Waals surface area (Å²) in [6.45, 7) is 2.72. The van der Waals surface area contributed by atoms with Crippen LogP contribution < -0.4 is 10.6 Å². The van der Waals surface area contributed by atoms with Crippen LogP contribution in [0.5, 0.6) is 0 Å². The van der Waals surface area contributed by atoms with Crippen molar-refractivity contribution < 1.29 is 4.79 Å². The molecular weight excluding hydrogens is 370 g/mol. The van der Waals surface area contributed by atoms with E-state index in [1.807, 2.05) is 12.1 Å². The highest BCUT2D eigenvalue weighted by molar-refractivity contribution is 7.20. The van der Waals surface area contributed by atoms with Crippen molar-refractivity contribution in [2.75, 3.05) is 10.6 Å². The number of aromatic nitrogens is 2. The first-order valence-corrected chi connectivity index (χ1v) is 9.53. The lowest BCUT2D eigenvalue weighted by molar-refractivity contribution is 0.103. The number of nitrogens with one attached hydrogen (secondary N) is 3. The molecule has 0 fully saturated rings. The lowest BCUT2D eigenvalue weighted by Crippen LogP contribution is -2.10. The fourth-order valence-electron chi connectivity index (χ4n) is 2.89. The number of carbonyl (C=O) groups is 1. The van der Waals surface area contributed by atoms with Crippen LogP contribution in [0.3, 0.4) is 0 Å².